The maximum absolute atomic E-state index is 12.7. The molecule has 0 aliphatic rings. The lowest BCUT2D eigenvalue weighted by atomic mass is 10.1. The number of amides is 1. The van der Waals surface area contributed by atoms with Crippen LogP contribution in [0.5, 0.6) is 0 Å². The molecule has 1 aromatic heterocycles. The Hall–Kier alpha value is -2.96. The Morgan fingerprint density at radius 3 is 2.33 bits per heavy atom. The molecular formula is C17H19N3O4. The molecule has 1 heterocycles. The van der Waals surface area contributed by atoms with Gasteiger partial charge in [-0.1, -0.05) is 12.1 Å². The second-order valence-electron chi connectivity index (χ2n) is 5.68. The molecule has 126 valence electrons. The van der Waals surface area contributed by atoms with Gasteiger partial charge >= 0.3 is 5.97 Å². The first-order valence-corrected chi connectivity index (χ1v) is 7.34. The van der Waals surface area contributed by atoms with Crippen LogP contribution in [0.3, 0.4) is 0 Å². The highest BCUT2D eigenvalue weighted by molar-refractivity contribution is 5.95. The summed E-state index contributed by atoms with van der Waals surface area (Å²) in [5.74, 6) is -1.39. The Morgan fingerprint density at radius 2 is 1.79 bits per heavy atom. The zero-order valence-corrected chi connectivity index (χ0v) is 14.0. The quantitative estimate of drug-likeness (QED) is 0.914. The molecule has 0 atom stereocenters. The second-order valence-corrected chi connectivity index (χ2v) is 5.68. The Kier molecular flexibility index (Phi) is 4.82. The van der Waals surface area contributed by atoms with E-state index in [1.807, 2.05) is 0 Å². The number of aromatic carboxylic acids is 1. The van der Waals surface area contributed by atoms with E-state index in [1.54, 1.807) is 33.0 Å². The summed E-state index contributed by atoms with van der Waals surface area (Å²) in [6.45, 7) is 3.71. The van der Waals surface area contributed by atoms with E-state index < -0.39 is 11.5 Å². The van der Waals surface area contributed by atoms with Gasteiger partial charge in [0.2, 0.25) is 0 Å². The number of carboxylic acids is 1. The van der Waals surface area contributed by atoms with Crippen molar-refractivity contribution in [2.75, 3.05) is 7.05 Å². The van der Waals surface area contributed by atoms with Crippen LogP contribution < -0.4 is 5.56 Å². The van der Waals surface area contributed by atoms with Crippen molar-refractivity contribution in [2.45, 2.75) is 20.4 Å². The Morgan fingerprint density at radius 1 is 1.21 bits per heavy atom. The third kappa shape index (κ3) is 3.34. The van der Waals surface area contributed by atoms with E-state index in [0.717, 1.165) is 10.2 Å². The first-order valence-electron chi connectivity index (χ1n) is 7.34. The molecular weight excluding hydrogens is 310 g/mol. The van der Waals surface area contributed by atoms with E-state index in [4.69, 9.17) is 5.11 Å². The second kappa shape index (κ2) is 6.66. The topological polar surface area (TPSA) is 92.5 Å². The van der Waals surface area contributed by atoms with Crippen LogP contribution in [0.1, 0.15) is 37.5 Å². The van der Waals surface area contributed by atoms with Crippen molar-refractivity contribution in [2.24, 2.45) is 7.05 Å². The normalized spacial score (nSPS) is 10.5. The average Bonchev–Trinajstić information content (AvgIpc) is 2.53. The maximum Gasteiger partial charge on any atom is 0.335 e. The zero-order valence-electron chi connectivity index (χ0n) is 14.0. The fourth-order valence-electron chi connectivity index (χ4n) is 2.39. The summed E-state index contributed by atoms with van der Waals surface area (Å²) in [7, 11) is 3.11. The van der Waals surface area contributed by atoms with Gasteiger partial charge in [-0.15, -0.1) is 0 Å². The molecule has 0 spiro atoms. The number of nitrogens with zero attached hydrogens (tertiary/aromatic N) is 3. The highest BCUT2D eigenvalue weighted by atomic mass is 16.4. The van der Waals surface area contributed by atoms with Crippen LogP contribution in [0.25, 0.3) is 0 Å². The lowest BCUT2D eigenvalue weighted by molar-refractivity contribution is 0.0695. The lowest BCUT2D eigenvalue weighted by Gasteiger charge is -2.19. The van der Waals surface area contributed by atoms with Gasteiger partial charge in [-0.2, -0.15) is 5.10 Å². The molecule has 1 aromatic carbocycles. The standard InChI is InChI=1S/C17H19N3O4/c1-10-11(2)18-20(4)16(22)14(10)15(21)19(3)9-12-5-7-13(8-6-12)17(23)24/h5-8H,9H2,1-4H3,(H,23,24). The zero-order chi connectivity index (χ0) is 18.0. The highest BCUT2D eigenvalue weighted by Gasteiger charge is 2.21. The number of carbonyl (C=O) groups is 2. The van der Waals surface area contributed by atoms with E-state index in [2.05, 4.69) is 5.10 Å². The molecule has 0 bridgehead atoms. The molecule has 24 heavy (non-hydrogen) atoms. The van der Waals surface area contributed by atoms with Crippen LogP contribution in [0.15, 0.2) is 29.1 Å². The Balaban J connectivity index is 2.27. The predicted octanol–water partition coefficient (Wildman–Crippen LogP) is 1.37. The van der Waals surface area contributed by atoms with E-state index in [0.29, 0.717) is 11.3 Å². The molecule has 0 aliphatic carbocycles. The van der Waals surface area contributed by atoms with Gasteiger partial charge in [-0.25, -0.2) is 9.48 Å². The van der Waals surface area contributed by atoms with Crippen LogP contribution >= 0.6 is 0 Å². The Bertz CT molecular complexity index is 853. The van der Waals surface area contributed by atoms with Gasteiger partial charge in [0.1, 0.15) is 5.56 Å². The van der Waals surface area contributed by atoms with Crippen molar-refractivity contribution in [1.29, 1.82) is 0 Å². The number of hydrogen-bond acceptors (Lipinski definition) is 4. The van der Waals surface area contributed by atoms with Gasteiger partial charge in [0.25, 0.3) is 11.5 Å². The lowest BCUT2D eigenvalue weighted by Crippen LogP contribution is -2.36. The molecule has 0 saturated heterocycles. The van der Waals surface area contributed by atoms with Gasteiger partial charge in [-0.3, -0.25) is 9.59 Å². The molecule has 0 unspecified atom stereocenters. The molecule has 1 N–H and O–H groups in total. The summed E-state index contributed by atoms with van der Waals surface area (Å²) in [6.07, 6.45) is 0. The minimum atomic E-state index is -1.00. The van der Waals surface area contributed by atoms with E-state index in [-0.39, 0.29) is 23.6 Å². The summed E-state index contributed by atoms with van der Waals surface area (Å²) in [4.78, 5) is 37.2. The minimum Gasteiger partial charge on any atom is -0.478 e. The van der Waals surface area contributed by atoms with Crippen molar-refractivity contribution in [1.82, 2.24) is 14.7 Å². The summed E-state index contributed by atoms with van der Waals surface area (Å²) in [5, 5.41) is 13.0. The molecule has 0 fully saturated rings. The van der Waals surface area contributed by atoms with Crippen molar-refractivity contribution >= 4 is 11.9 Å². The molecule has 7 nitrogen and oxygen atoms in total. The number of hydrogen-bond donors (Lipinski definition) is 1. The fraction of sp³-hybridized carbons (Fsp3) is 0.294. The largest absolute Gasteiger partial charge is 0.478 e. The first-order chi connectivity index (χ1) is 11.2. The van der Waals surface area contributed by atoms with Gasteiger partial charge < -0.3 is 10.0 Å². The van der Waals surface area contributed by atoms with Crippen LogP contribution in [-0.4, -0.2) is 38.7 Å². The average molecular weight is 329 g/mol. The number of aromatic nitrogens is 2. The van der Waals surface area contributed by atoms with Crippen molar-refractivity contribution in [3.8, 4) is 0 Å². The van der Waals surface area contributed by atoms with Gasteiger partial charge in [0.15, 0.2) is 0 Å². The number of benzene rings is 1. The number of carboxylic acid groups (broad SMARTS) is 1. The number of rotatable bonds is 4. The Labute approximate surface area is 139 Å². The maximum atomic E-state index is 12.7. The molecule has 0 radical (unpaired) electrons. The van der Waals surface area contributed by atoms with E-state index in [1.165, 1.54) is 24.1 Å². The van der Waals surface area contributed by atoms with Crippen molar-refractivity contribution in [3.63, 3.8) is 0 Å². The number of aryl methyl sites for hydroxylation is 2. The monoisotopic (exact) mass is 329 g/mol. The molecule has 0 aliphatic heterocycles. The van der Waals surface area contributed by atoms with Crippen molar-refractivity contribution < 1.29 is 14.7 Å². The predicted molar refractivity (Wildman–Crippen MR) is 88.2 cm³/mol. The van der Waals surface area contributed by atoms with Gasteiger partial charge in [0.05, 0.1) is 11.3 Å². The van der Waals surface area contributed by atoms with E-state index in [9.17, 15) is 14.4 Å². The van der Waals surface area contributed by atoms with Gasteiger partial charge in [0, 0.05) is 20.6 Å². The minimum absolute atomic E-state index is 0.106. The van der Waals surface area contributed by atoms with Crippen LogP contribution in [0.4, 0.5) is 0 Å². The van der Waals surface area contributed by atoms with Crippen LogP contribution in [-0.2, 0) is 13.6 Å². The van der Waals surface area contributed by atoms with Crippen LogP contribution in [0, 0.1) is 13.8 Å². The molecule has 0 saturated carbocycles. The summed E-state index contributed by atoms with van der Waals surface area (Å²) in [6, 6.07) is 6.26. The number of carbonyl (C=O) groups excluding carboxylic acids is 1. The third-order valence-corrected chi connectivity index (χ3v) is 3.91. The third-order valence-electron chi connectivity index (χ3n) is 3.91. The molecule has 7 heteroatoms. The first kappa shape index (κ1) is 17.4. The van der Waals surface area contributed by atoms with Crippen LogP contribution in [0.2, 0.25) is 0 Å². The fourth-order valence-corrected chi connectivity index (χ4v) is 2.39. The molecule has 1 amide bonds. The summed E-state index contributed by atoms with van der Waals surface area (Å²) in [5.41, 5.74) is 1.82. The highest BCUT2D eigenvalue weighted by Crippen LogP contribution is 2.12. The SMILES string of the molecule is Cc1nn(C)c(=O)c(C(=O)N(C)Cc2ccc(C(=O)O)cc2)c1C. The summed E-state index contributed by atoms with van der Waals surface area (Å²) < 4.78 is 1.16. The smallest absolute Gasteiger partial charge is 0.335 e. The van der Waals surface area contributed by atoms with E-state index >= 15 is 0 Å². The molecule has 2 rings (SSSR count). The molecule has 2 aromatic rings. The summed E-state index contributed by atoms with van der Waals surface area (Å²) >= 11 is 0. The van der Waals surface area contributed by atoms with Gasteiger partial charge in [-0.05, 0) is 37.1 Å². The van der Waals surface area contributed by atoms with Crippen molar-refractivity contribution in [3.05, 3.63) is 62.6 Å².